The van der Waals surface area contributed by atoms with Gasteiger partial charge in [-0.05, 0) is 18.2 Å². The first kappa shape index (κ1) is 12.1. The molecular formula is C10H11FN2O3. The van der Waals surface area contributed by atoms with Crippen LogP contribution < -0.4 is 11.1 Å². The minimum absolute atomic E-state index is 0.126. The molecule has 3 N–H and O–H groups in total. The summed E-state index contributed by atoms with van der Waals surface area (Å²) in [5.41, 5.74) is 4.95. The molecule has 0 unspecified atom stereocenters. The van der Waals surface area contributed by atoms with Gasteiger partial charge in [0.25, 0.3) is 5.91 Å². The Labute approximate surface area is 91.4 Å². The summed E-state index contributed by atoms with van der Waals surface area (Å²) in [7, 11) is 1.37. The van der Waals surface area contributed by atoms with Gasteiger partial charge in [0, 0.05) is 12.8 Å². The van der Waals surface area contributed by atoms with Gasteiger partial charge in [-0.1, -0.05) is 0 Å². The third-order valence-electron chi connectivity index (χ3n) is 1.79. The third-order valence-corrected chi connectivity index (χ3v) is 1.79. The first-order valence-electron chi connectivity index (χ1n) is 4.42. The molecule has 6 heteroatoms. The van der Waals surface area contributed by atoms with Crippen molar-refractivity contribution in [2.24, 2.45) is 5.73 Å². The average Bonchev–Trinajstić information content (AvgIpc) is 2.17. The van der Waals surface area contributed by atoms with Crippen molar-refractivity contribution in [3.63, 3.8) is 0 Å². The number of carbonyl (C=O) groups excluding carboxylic acids is 2. The number of primary amides is 1. The summed E-state index contributed by atoms with van der Waals surface area (Å²) in [4.78, 5) is 21.8. The van der Waals surface area contributed by atoms with Crippen molar-refractivity contribution in [1.29, 1.82) is 0 Å². The predicted molar refractivity (Wildman–Crippen MR) is 55.4 cm³/mol. The van der Waals surface area contributed by atoms with Crippen LogP contribution >= 0.6 is 0 Å². The van der Waals surface area contributed by atoms with Gasteiger partial charge in [-0.15, -0.1) is 0 Å². The smallest absolute Gasteiger partial charge is 0.251 e. The molecule has 2 amide bonds. The molecule has 0 spiro atoms. The maximum Gasteiger partial charge on any atom is 0.251 e. The van der Waals surface area contributed by atoms with Crippen LogP contribution in [0.1, 0.15) is 10.4 Å². The average molecular weight is 226 g/mol. The SMILES string of the molecule is COCC(=O)Nc1ccc(C(N)=O)c(F)c1. The van der Waals surface area contributed by atoms with E-state index in [4.69, 9.17) is 5.73 Å². The normalized spacial score (nSPS) is 9.88. The van der Waals surface area contributed by atoms with Gasteiger partial charge in [-0.2, -0.15) is 0 Å². The second kappa shape index (κ2) is 5.22. The van der Waals surface area contributed by atoms with Crippen LogP contribution in [0.15, 0.2) is 18.2 Å². The van der Waals surface area contributed by atoms with Crippen molar-refractivity contribution in [3.05, 3.63) is 29.6 Å². The zero-order valence-corrected chi connectivity index (χ0v) is 8.62. The van der Waals surface area contributed by atoms with Gasteiger partial charge < -0.3 is 15.8 Å². The molecular weight excluding hydrogens is 215 g/mol. The fraction of sp³-hybridized carbons (Fsp3) is 0.200. The number of nitrogens with one attached hydrogen (secondary N) is 1. The Bertz CT molecular complexity index is 421. The van der Waals surface area contributed by atoms with E-state index >= 15 is 0 Å². The van der Waals surface area contributed by atoms with E-state index in [0.29, 0.717) is 0 Å². The lowest BCUT2D eigenvalue weighted by Gasteiger charge is -2.05. The highest BCUT2D eigenvalue weighted by atomic mass is 19.1. The lowest BCUT2D eigenvalue weighted by atomic mass is 10.2. The standard InChI is InChI=1S/C10H11FN2O3/c1-16-5-9(14)13-6-2-3-7(10(12)15)8(11)4-6/h2-4H,5H2,1H3,(H2,12,15)(H,13,14). The van der Waals surface area contributed by atoms with E-state index in [-0.39, 0.29) is 17.9 Å². The van der Waals surface area contributed by atoms with E-state index in [1.165, 1.54) is 19.2 Å². The molecule has 16 heavy (non-hydrogen) atoms. The van der Waals surface area contributed by atoms with Crippen LogP contribution in [-0.2, 0) is 9.53 Å². The van der Waals surface area contributed by atoms with Crippen molar-refractivity contribution in [1.82, 2.24) is 0 Å². The quantitative estimate of drug-likeness (QED) is 0.784. The van der Waals surface area contributed by atoms with E-state index in [1.807, 2.05) is 0 Å². The summed E-state index contributed by atoms with van der Waals surface area (Å²) in [6.07, 6.45) is 0. The molecule has 0 bridgehead atoms. The Hall–Kier alpha value is -1.95. The monoisotopic (exact) mass is 226 g/mol. The molecule has 0 aliphatic heterocycles. The Morgan fingerprint density at radius 2 is 2.19 bits per heavy atom. The summed E-state index contributed by atoms with van der Waals surface area (Å²) < 4.78 is 17.8. The molecule has 1 rings (SSSR count). The first-order valence-corrected chi connectivity index (χ1v) is 4.42. The summed E-state index contributed by atoms with van der Waals surface area (Å²) in [6.45, 7) is -0.126. The van der Waals surface area contributed by atoms with E-state index in [1.54, 1.807) is 0 Å². The number of nitrogens with two attached hydrogens (primary N) is 1. The van der Waals surface area contributed by atoms with Crippen LogP contribution in [0, 0.1) is 5.82 Å². The van der Waals surface area contributed by atoms with Crippen LogP contribution in [0.2, 0.25) is 0 Å². The van der Waals surface area contributed by atoms with E-state index < -0.39 is 17.6 Å². The number of rotatable bonds is 4. The number of amides is 2. The van der Waals surface area contributed by atoms with Gasteiger partial charge in [-0.3, -0.25) is 9.59 Å². The zero-order valence-electron chi connectivity index (χ0n) is 8.62. The van der Waals surface area contributed by atoms with Gasteiger partial charge in [0.2, 0.25) is 5.91 Å². The maximum absolute atomic E-state index is 13.3. The molecule has 5 nitrogen and oxygen atoms in total. The van der Waals surface area contributed by atoms with E-state index in [0.717, 1.165) is 6.07 Å². The van der Waals surface area contributed by atoms with Crippen LogP contribution in [0.5, 0.6) is 0 Å². The van der Waals surface area contributed by atoms with Crippen LogP contribution in [0.25, 0.3) is 0 Å². The largest absolute Gasteiger partial charge is 0.375 e. The minimum Gasteiger partial charge on any atom is -0.375 e. The summed E-state index contributed by atoms with van der Waals surface area (Å²) in [6, 6.07) is 3.62. The number of hydrogen-bond donors (Lipinski definition) is 2. The number of ether oxygens (including phenoxy) is 1. The lowest BCUT2D eigenvalue weighted by Crippen LogP contribution is -2.18. The second-order valence-corrected chi connectivity index (χ2v) is 3.04. The van der Waals surface area contributed by atoms with Crippen molar-refractivity contribution >= 4 is 17.5 Å². The molecule has 0 atom stereocenters. The highest BCUT2D eigenvalue weighted by Gasteiger charge is 2.09. The van der Waals surface area contributed by atoms with Gasteiger partial charge in [0.15, 0.2) is 0 Å². The second-order valence-electron chi connectivity index (χ2n) is 3.04. The minimum atomic E-state index is -0.854. The number of anilines is 1. The van der Waals surface area contributed by atoms with Crippen LogP contribution in [-0.4, -0.2) is 25.5 Å². The summed E-state index contributed by atoms with van der Waals surface area (Å²) in [5, 5.41) is 2.39. The van der Waals surface area contributed by atoms with Crippen molar-refractivity contribution in [2.45, 2.75) is 0 Å². The number of carbonyl (C=O) groups is 2. The molecule has 0 aliphatic rings. The lowest BCUT2D eigenvalue weighted by molar-refractivity contribution is -0.119. The molecule has 0 radical (unpaired) electrons. The fourth-order valence-corrected chi connectivity index (χ4v) is 1.12. The number of halogens is 1. The highest BCUT2D eigenvalue weighted by molar-refractivity contribution is 5.95. The van der Waals surface area contributed by atoms with Crippen LogP contribution in [0.3, 0.4) is 0 Å². The van der Waals surface area contributed by atoms with Crippen molar-refractivity contribution in [3.8, 4) is 0 Å². The van der Waals surface area contributed by atoms with Gasteiger partial charge in [0.1, 0.15) is 12.4 Å². The Kier molecular flexibility index (Phi) is 3.96. The zero-order chi connectivity index (χ0) is 12.1. The highest BCUT2D eigenvalue weighted by Crippen LogP contribution is 2.13. The third kappa shape index (κ3) is 3.03. The van der Waals surface area contributed by atoms with E-state index in [9.17, 15) is 14.0 Å². The topological polar surface area (TPSA) is 81.4 Å². The first-order chi connectivity index (χ1) is 7.54. The molecule has 86 valence electrons. The Morgan fingerprint density at radius 3 is 2.69 bits per heavy atom. The molecule has 0 fully saturated rings. The van der Waals surface area contributed by atoms with E-state index in [2.05, 4.69) is 10.1 Å². The fourth-order valence-electron chi connectivity index (χ4n) is 1.12. The van der Waals surface area contributed by atoms with Crippen LogP contribution in [0.4, 0.5) is 10.1 Å². The predicted octanol–water partition coefficient (Wildman–Crippen LogP) is 0.510. The summed E-state index contributed by atoms with van der Waals surface area (Å²) >= 11 is 0. The van der Waals surface area contributed by atoms with Gasteiger partial charge in [-0.25, -0.2) is 4.39 Å². The molecule has 0 heterocycles. The molecule has 0 saturated carbocycles. The molecule has 0 aliphatic carbocycles. The van der Waals surface area contributed by atoms with Crippen molar-refractivity contribution in [2.75, 3.05) is 19.0 Å². The maximum atomic E-state index is 13.3. The van der Waals surface area contributed by atoms with Gasteiger partial charge >= 0.3 is 0 Å². The Balaban J connectivity index is 2.81. The number of methoxy groups -OCH3 is 1. The number of benzene rings is 1. The van der Waals surface area contributed by atoms with Gasteiger partial charge in [0.05, 0.1) is 5.56 Å². The molecule has 1 aromatic carbocycles. The van der Waals surface area contributed by atoms with Crippen molar-refractivity contribution < 1.29 is 18.7 Å². The summed E-state index contributed by atoms with van der Waals surface area (Å²) in [5.74, 6) is -2.04. The Morgan fingerprint density at radius 1 is 1.50 bits per heavy atom. The molecule has 1 aromatic rings. The number of hydrogen-bond acceptors (Lipinski definition) is 3. The molecule has 0 aromatic heterocycles. The molecule has 0 saturated heterocycles.